The van der Waals surface area contributed by atoms with Gasteiger partial charge in [-0.1, -0.05) is 61.0 Å². The summed E-state index contributed by atoms with van der Waals surface area (Å²) in [5.41, 5.74) is 10.6. The first-order valence-electron chi connectivity index (χ1n) is 7.23. The van der Waals surface area contributed by atoms with E-state index in [1.807, 2.05) is 57.2 Å². The van der Waals surface area contributed by atoms with Crippen molar-refractivity contribution >= 4 is 11.4 Å². The van der Waals surface area contributed by atoms with Crippen molar-refractivity contribution in [2.75, 3.05) is 5.73 Å². The third kappa shape index (κ3) is 5.69. The fraction of sp³-hybridized carbons (Fsp3) is 0.278. The summed E-state index contributed by atoms with van der Waals surface area (Å²) >= 11 is 0. The van der Waals surface area contributed by atoms with Crippen LogP contribution in [-0.4, -0.2) is 5.71 Å². The Kier molecular flexibility index (Phi) is 7.02. The predicted octanol–water partition coefficient (Wildman–Crippen LogP) is 4.54. The van der Waals surface area contributed by atoms with Gasteiger partial charge in [-0.2, -0.15) is 0 Å². The molecule has 0 aromatic heterocycles. The van der Waals surface area contributed by atoms with Crippen LogP contribution < -0.4 is 5.73 Å². The Bertz CT molecular complexity index is 557. The minimum absolute atomic E-state index is 0.448. The van der Waals surface area contributed by atoms with E-state index in [1.54, 1.807) is 0 Å². The van der Waals surface area contributed by atoms with Gasteiger partial charge in [-0.25, -0.2) is 0 Å². The van der Waals surface area contributed by atoms with Gasteiger partial charge in [-0.05, 0) is 37.1 Å². The molecule has 0 heterocycles. The number of aryl methyl sites for hydroxylation is 1. The third-order valence-corrected chi connectivity index (χ3v) is 2.88. The van der Waals surface area contributed by atoms with Gasteiger partial charge in [-0.3, -0.25) is 0 Å². The average molecular weight is 284 g/mol. The molecular weight excluding hydrogens is 260 g/mol. The van der Waals surface area contributed by atoms with E-state index in [9.17, 15) is 0 Å². The fourth-order valence-electron chi connectivity index (χ4n) is 1.66. The molecule has 21 heavy (non-hydrogen) atoms. The maximum absolute atomic E-state index is 5.62. The van der Waals surface area contributed by atoms with Gasteiger partial charge in [0.2, 0.25) is 0 Å². The zero-order valence-electron chi connectivity index (χ0n) is 13.3. The number of nitrogens with zero attached hydrogens (tertiary/aromatic N) is 1. The van der Waals surface area contributed by atoms with E-state index in [0.29, 0.717) is 6.61 Å². The average Bonchev–Trinajstić information content (AvgIpc) is 2.52. The number of hydrogen-bond acceptors (Lipinski definition) is 3. The first kappa shape index (κ1) is 16.8. The van der Waals surface area contributed by atoms with Crippen molar-refractivity contribution in [1.29, 1.82) is 0 Å². The Morgan fingerprint density at radius 1 is 1.00 bits per heavy atom. The molecular formula is C18H24N2O. The first-order valence-corrected chi connectivity index (χ1v) is 7.23. The molecule has 0 unspecified atom stereocenters. The molecule has 3 nitrogen and oxygen atoms in total. The Morgan fingerprint density at radius 3 is 2.14 bits per heavy atom. The molecule has 0 bridgehead atoms. The summed E-state index contributed by atoms with van der Waals surface area (Å²) in [5, 5.41) is 4.13. The number of rotatable bonds is 4. The molecule has 0 spiro atoms. The molecule has 0 saturated carbocycles. The van der Waals surface area contributed by atoms with E-state index in [1.165, 1.54) is 5.56 Å². The second-order valence-electron chi connectivity index (χ2n) is 4.56. The van der Waals surface area contributed by atoms with Gasteiger partial charge in [0.05, 0.1) is 5.71 Å². The minimum Gasteiger partial charge on any atom is -0.399 e. The van der Waals surface area contributed by atoms with Gasteiger partial charge in [0.1, 0.15) is 6.61 Å². The molecule has 2 N–H and O–H groups in total. The standard InChI is InChI=1S/C16H18N2O.C2H6/c1-12-3-7-15(8-4-12)13(2)18-19-11-14-5-9-16(17)10-6-14;1-2/h3-10H,11,17H2,1-2H3;1-2H3/b18-13+;. The predicted molar refractivity (Wildman–Crippen MR) is 90.4 cm³/mol. The summed E-state index contributed by atoms with van der Waals surface area (Å²) in [4.78, 5) is 5.35. The molecule has 0 amide bonds. The highest BCUT2D eigenvalue weighted by Crippen LogP contribution is 2.08. The highest BCUT2D eigenvalue weighted by molar-refractivity contribution is 5.98. The quantitative estimate of drug-likeness (QED) is 0.509. The fourth-order valence-corrected chi connectivity index (χ4v) is 1.66. The van der Waals surface area contributed by atoms with Gasteiger partial charge < -0.3 is 10.6 Å². The van der Waals surface area contributed by atoms with Crippen molar-refractivity contribution in [2.45, 2.75) is 34.3 Å². The first-order chi connectivity index (χ1) is 10.1. The number of nitrogen functional groups attached to an aromatic ring is 1. The van der Waals surface area contributed by atoms with Gasteiger partial charge in [0.15, 0.2) is 0 Å². The second-order valence-corrected chi connectivity index (χ2v) is 4.56. The number of nitrogens with two attached hydrogens (primary N) is 1. The Balaban J connectivity index is 0.00000106. The van der Waals surface area contributed by atoms with E-state index in [0.717, 1.165) is 22.5 Å². The molecule has 0 aliphatic carbocycles. The van der Waals surface area contributed by atoms with Gasteiger partial charge in [0, 0.05) is 5.69 Å². The lowest BCUT2D eigenvalue weighted by Gasteiger charge is -2.03. The van der Waals surface area contributed by atoms with Crippen LogP contribution >= 0.6 is 0 Å². The van der Waals surface area contributed by atoms with Gasteiger partial charge in [-0.15, -0.1) is 0 Å². The van der Waals surface area contributed by atoms with Crippen molar-refractivity contribution in [1.82, 2.24) is 0 Å². The summed E-state index contributed by atoms with van der Waals surface area (Å²) in [6.45, 7) is 8.45. The van der Waals surface area contributed by atoms with Crippen LogP contribution in [0.2, 0.25) is 0 Å². The zero-order chi connectivity index (χ0) is 15.7. The molecule has 0 radical (unpaired) electrons. The van der Waals surface area contributed by atoms with E-state index >= 15 is 0 Å². The third-order valence-electron chi connectivity index (χ3n) is 2.88. The van der Waals surface area contributed by atoms with Crippen molar-refractivity contribution in [3.63, 3.8) is 0 Å². The van der Waals surface area contributed by atoms with Crippen molar-refractivity contribution in [3.8, 4) is 0 Å². The van der Waals surface area contributed by atoms with Crippen LogP contribution in [0.4, 0.5) is 5.69 Å². The van der Waals surface area contributed by atoms with Crippen LogP contribution in [0.15, 0.2) is 53.7 Å². The lowest BCUT2D eigenvalue weighted by atomic mass is 10.1. The number of benzene rings is 2. The van der Waals surface area contributed by atoms with Crippen molar-refractivity contribution < 1.29 is 4.84 Å². The number of anilines is 1. The van der Waals surface area contributed by atoms with Crippen LogP contribution in [-0.2, 0) is 11.4 Å². The molecule has 2 aromatic rings. The molecule has 0 aliphatic rings. The Labute approximate surface area is 127 Å². The van der Waals surface area contributed by atoms with Crippen LogP contribution in [0.25, 0.3) is 0 Å². The largest absolute Gasteiger partial charge is 0.399 e. The SMILES string of the molecule is C/C(=N\OCc1ccc(N)cc1)c1ccc(C)cc1.CC. The van der Waals surface area contributed by atoms with Gasteiger partial charge >= 0.3 is 0 Å². The zero-order valence-corrected chi connectivity index (χ0v) is 13.3. The van der Waals surface area contributed by atoms with E-state index in [4.69, 9.17) is 10.6 Å². The molecule has 0 aliphatic heterocycles. The summed E-state index contributed by atoms with van der Waals surface area (Å²) in [7, 11) is 0. The lowest BCUT2D eigenvalue weighted by Crippen LogP contribution is -1.97. The number of oxime groups is 1. The minimum atomic E-state index is 0.448. The molecule has 112 valence electrons. The molecule has 0 atom stereocenters. The maximum atomic E-state index is 5.62. The van der Waals surface area contributed by atoms with Crippen molar-refractivity contribution in [2.24, 2.45) is 5.16 Å². The molecule has 3 heteroatoms. The van der Waals surface area contributed by atoms with E-state index in [-0.39, 0.29) is 0 Å². The normalized spacial score (nSPS) is 10.6. The Morgan fingerprint density at radius 2 is 1.57 bits per heavy atom. The summed E-state index contributed by atoms with van der Waals surface area (Å²) in [6, 6.07) is 15.8. The van der Waals surface area contributed by atoms with Crippen molar-refractivity contribution in [3.05, 3.63) is 65.2 Å². The highest BCUT2D eigenvalue weighted by atomic mass is 16.6. The second kappa shape index (κ2) is 8.80. The van der Waals surface area contributed by atoms with Crippen LogP contribution in [0.3, 0.4) is 0 Å². The molecule has 2 aromatic carbocycles. The smallest absolute Gasteiger partial charge is 0.142 e. The van der Waals surface area contributed by atoms with E-state index in [2.05, 4.69) is 24.2 Å². The molecule has 0 saturated heterocycles. The Hall–Kier alpha value is -2.29. The van der Waals surface area contributed by atoms with Gasteiger partial charge in [0.25, 0.3) is 0 Å². The monoisotopic (exact) mass is 284 g/mol. The van der Waals surface area contributed by atoms with Crippen LogP contribution in [0, 0.1) is 6.92 Å². The number of hydrogen-bond donors (Lipinski definition) is 1. The van der Waals surface area contributed by atoms with Crippen LogP contribution in [0.5, 0.6) is 0 Å². The molecule has 0 fully saturated rings. The topological polar surface area (TPSA) is 47.6 Å². The maximum Gasteiger partial charge on any atom is 0.142 e. The summed E-state index contributed by atoms with van der Waals surface area (Å²) in [5.74, 6) is 0. The van der Waals surface area contributed by atoms with E-state index < -0.39 is 0 Å². The highest BCUT2D eigenvalue weighted by Gasteiger charge is 1.98. The lowest BCUT2D eigenvalue weighted by molar-refractivity contribution is 0.130. The molecule has 2 rings (SSSR count). The summed E-state index contributed by atoms with van der Waals surface area (Å²) in [6.07, 6.45) is 0. The van der Waals surface area contributed by atoms with Crippen LogP contribution in [0.1, 0.15) is 37.5 Å². The summed E-state index contributed by atoms with van der Waals surface area (Å²) < 4.78 is 0.